The summed E-state index contributed by atoms with van der Waals surface area (Å²) in [4.78, 5) is 2.67. The van der Waals surface area contributed by atoms with Gasteiger partial charge in [-0.3, -0.25) is 4.90 Å². The quantitative estimate of drug-likeness (QED) is 0.912. The maximum absolute atomic E-state index is 6.20. The van der Waals surface area contributed by atoms with Gasteiger partial charge in [0, 0.05) is 24.7 Å². The second-order valence-electron chi connectivity index (χ2n) is 7.07. The van der Waals surface area contributed by atoms with Crippen molar-refractivity contribution < 1.29 is 0 Å². The van der Waals surface area contributed by atoms with Gasteiger partial charge in [-0.25, -0.2) is 0 Å². The van der Waals surface area contributed by atoms with E-state index in [9.17, 15) is 0 Å². The van der Waals surface area contributed by atoms with E-state index in [2.05, 4.69) is 62.9 Å². The lowest BCUT2D eigenvalue weighted by Crippen LogP contribution is -2.61. The van der Waals surface area contributed by atoms with Crippen LogP contribution in [0.15, 0.2) is 30.3 Å². The van der Waals surface area contributed by atoms with Gasteiger partial charge in [0.15, 0.2) is 0 Å². The first-order chi connectivity index (χ1) is 9.46. The van der Waals surface area contributed by atoms with Gasteiger partial charge in [-0.1, -0.05) is 44.2 Å². The molecule has 2 N–H and O–H groups in total. The third kappa shape index (κ3) is 3.24. The minimum absolute atomic E-state index is 0.0592. The number of hydrogen-bond donors (Lipinski definition) is 1. The summed E-state index contributed by atoms with van der Waals surface area (Å²) < 4.78 is 0. The molecule has 1 aromatic carbocycles. The molecule has 4 atom stereocenters. The molecule has 1 aromatic rings. The summed E-state index contributed by atoms with van der Waals surface area (Å²) in [6.45, 7) is 11.3. The Kier molecular flexibility index (Phi) is 4.87. The van der Waals surface area contributed by atoms with Crippen LogP contribution in [0.5, 0.6) is 0 Å². The first-order valence-electron chi connectivity index (χ1n) is 7.97. The fourth-order valence-electron chi connectivity index (χ4n) is 3.75. The molecule has 1 heterocycles. The monoisotopic (exact) mass is 274 g/mol. The van der Waals surface area contributed by atoms with Gasteiger partial charge in [0.1, 0.15) is 0 Å². The predicted molar refractivity (Wildman–Crippen MR) is 86.7 cm³/mol. The summed E-state index contributed by atoms with van der Waals surface area (Å²) >= 11 is 0. The third-order valence-corrected chi connectivity index (χ3v) is 5.16. The minimum atomic E-state index is 0.0592. The third-order valence-electron chi connectivity index (χ3n) is 5.16. The lowest BCUT2D eigenvalue weighted by atomic mass is 9.80. The molecule has 1 saturated heterocycles. The summed E-state index contributed by atoms with van der Waals surface area (Å²) in [5.41, 5.74) is 7.64. The molecule has 20 heavy (non-hydrogen) atoms. The van der Waals surface area contributed by atoms with Crippen molar-refractivity contribution in [2.24, 2.45) is 17.6 Å². The smallest absolute Gasteiger partial charge is 0.0346 e. The average Bonchev–Trinajstić information content (AvgIpc) is 2.43. The maximum Gasteiger partial charge on any atom is 0.0346 e. The van der Waals surface area contributed by atoms with Crippen LogP contribution in [-0.4, -0.2) is 29.6 Å². The Hall–Kier alpha value is -0.860. The fourth-order valence-corrected chi connectivity index (χ4v) is 3.75. The highest BCUT2D eigenvalue weighted by molar-refractivity contribution is 5.18. The molecule has 0 aromatic heterocycles. The van der Waals surface area contributed by atoms with Crippen LogP contribution in [-0.2, 0) is 6.42 Å². The Morgan fingerprint density at radius 3 is 2.45 bits per heavy atom. The molecule has 1 aliphatic rings. The van der Waals surface area contributed by atoms with Gasteiger partial charge in [-0.2, -0.15) is 0 Å². The highest BCUT2D eigenvalue weighted by Gasteiger charge is 2.39. The molecule has 1 fully saturated rings. The molecule has 0 saturated carbocycles. The topological polar surface area (TPSA) is 29.3 Å². The zero-order valence-corrected chi connectivity index (χ0v) is 13.5. The van der Waals surface area contributed by atoms with Crippen molar-refractivity contribution in [3.05, 3.63) is 35.9 Å². The van der Waals surface area contributed by atoms with Crippen LogP contribution in [0.2, 0.25) is 0 Å². The van der Waals surface area contributed by atoms with Gasteiger partial charge < -0.3 is 5.73 Å². The largest absolute Gasteiger partial charge is 0.329 e. The molecular weight excluding hydrogens is 244 g/mol. The van der Waals surface area contributed by atoms with Crippen LogP contribution in [0, 0.1) is 11.8 Å². The van der Waals surface area contributed by atoms with Crippen LogP contribution < -0.4 is 5.73 Å². The Balaban J connectivity index is 2.20. The molecule has 2 rings (SSSR count). The number of rotatable bonds is 4. The number of hydrogen-bond acceptors (Lipinski definition) is 2. The maximum atomic E-state index is 6.20. The molecule has 0 spiro atoms. The molecule has 4 unspecified atom stereocenters. The SMILES string of the molecule is CC1CC(C)C(C)N(C(C)(CN)Cc2ccccc2)C1. The number of likely N-dealkylation sites (tertiary alicyclic amines) is 1. The zero-order chi connectivity index (χ0) is 14.8. The number of nitrogens with zero attached hydrogens (tertiary/aromatic N) is 1. The lowest BCUT2D eigenvalue weighted by Gasteiger charge is -2.51. The van der Waals surface area contributed by atoms with Crippen molar-refractivity contribution in [2.75, 3.05) is 13.1 Å². The summed E-state index contributed by atoms with van der Waals surface area (Å²) in [5.74, 6) is 1.52. The molecular formula is C18H30N2. The highest BCUT2D eigenvalue weighted by Crippen LogP contribution is 2.33. The van der Waals surface area contributed by atoms with Crippen molar-refractivity contribution in [1.82, 2.24) is 4.90 Å². The summed E-state index contributed by atoms with van der Waals surface area (Å²) in [6, 6.07) is 11.4. The molecule has 112 valence electrons. The van der Waals surface area contributed by atoms with E-state index in [4.69, 9.17) is 5.73 Å². The molecule has 1 aliphatic heterocycles. The van der Waals surface area contributed by atoms with Crippen LogP contribution in [0.25, 0.3) is 0 Å². The number of nitrogens with two attached hydrogens (primary N) is 1. The van der Waals surface area contributed by atoms with Gasteiger partial charge >= 0.3 is 0 Å². The van der Waals surface area contributed by atoms with E-state index in [0.29, 0.717) is 12.6 Å². The van der Waals surface area contributed by atoms with E-state index < -0.39 is 0 Å². The minimum Gasteiger partial charge on any atom is -0.329 e. The van der Waals surface area contributed by atoms with Gasteiger partial charge in [0.2, 0.25) is 0 Å². The molecule has 2 nitrogen and oxygen atoms in total. The van der Waals surface area contributed by atoms with Gasteiger partial charge in [-0.15, -0.1) is 0 Å². The van der Waals surface area contributed by atoms with Crippen molar-refractivity contribution in [3.63, 3.8) is 0 Å². The Morgan fingerprint density at radius 2 is 1.85 bits per heavy atom. The zero-order valence-electron chi connectivity index (χ0n) is 13.5. The van der Waals surface area contributed by atoms with Gasteiger partial charge in [-0.05, 0) is 44.1 Å². The normalized spacial score (nSPS) is 30.9. The summed E-state index contributed by atoms with van der Waals surface area (Å²) in [6.07, 6.45) is 2.37. The second-order valence-corrected chi connectivity index (χ2v) is 7.07. The van der Waals surface area contributed by atoms with E-state index in [1.165, 1.54) is 18.5 Å². The molecule has 0 aliphatic carbocycles. The van der Waals surface area contributed by atoms with E-state index in [1.807, 2.05) is 0 Å². The Morgan fingerprint density at radius 1 is 1.20 bits per heavy atom. The van der Waals surface area contributed by atoms with Crippen LogP contribution in [0.1, 0.15) is 39.7 Å². The highest BCUT2D eigenvalue weighted by atomic mass is 15.2. The van der Waals surface area contributed by atoms with Crippen molar-refractivity contribution in [3.8, 4) is 0 Å². The van der Waals surface area contributed by atoms with Crippen LogP contribution >= 0.6 is 0 Å². The van der Waals surface area contributed by atoms with Crippen LogP contribution in [0.3, 0.4) is 0 Å². The van der Waals surface area contributed by atoms with Crippen molar-refractivity contribution in [1.29, 1.82) is 0 Å². The number of piperidine rings is 1. The molecule has 0 amide bonds. The molecule has 0 bridgehead atoms. The standard InChI is InChI=1S/C18H30N2/c1-14-10-15(2)16(3)20(12-14)18(4,13-19)11-17-8-6-5-7-9-17/h5-9,14-16H,10-13,19H2,1-4H3. The average molecular weight is 274 g/mol. The van der Waals surface area contributed by atoms with Gasteiger partial charge in [0.25, 0.3) is 0 Å². The fraction of sp³-hybridized carbons (Fsp3) is 0.667. The molecule has 0 radical (unpaired) electrons. The Bertz CT molecular complexity index is 417. The Labute approximate surface area is 124 Å². The van der Waals surface area contributed by atoms with Crippen molar-refractivity contribution in [2.45, 2.75) is 52.1 Å². The van der Waals surface area contributed by atoms with Crippen molar-refractivity contribution >= 4 is 0 Å². The van der Waals surface area contributed by atoms with Gasteiger partial charge in [0.05, 0.1) is 0 Å². The first kappa shape index (κ1) is 15.5. The van der Waals surface area contributed by atoms with E-state index in [-0.39, 0.29) is 5.54 Å². The second kappa shape index (κ2) is 6.28. The summed E-state index contributed by atoms with van der Waals surface area (Å²) in [5, 5.41) is 0. The first-order valence-corrected chi connectivity index (χ1v) is 7.97. The number of benzene rings is 1. The van der Waals surface area contributed by atoms with E-state index in [0.717, 1.165) is 18.3 Å². The van der Waals surface area contributed by atoms with E-state index in [1.54, 1.807) is 0 Å². The predicted octanol–water partition coefficient (Wildman–Crippen LogP) is 3.31. The van der Waals surface area contributed by atoms with Crippen LogP contribution in [0.4, 0.5) is 0 Å². The van der Waals surface area contributed by atoms with E-state index >= 15 is 0 Å². The molecule has 2 heteroatoms. The summed E-state index contributed by atoms with van der Waals surface area (Å²) in [7, 11) is 0. The lowest BCUT2D eigenvalue weighted by molar-refractivity contribution is -0.00688.